The third-order valence-electron chi connectivity index (χ3n) is 3.42. The molecule has 16 heavy (non-hydrogen) atoms. The first kappa shape index (κ1) is 11.6. The highest BCUT2D eigenvalue weighted by Gasteiger charge is 2.24. The van der Waals surface area contributed by atoms with Crippen LogP contribution in [-0.4, -0.2) is 16.3 Å². The van der Waals surface area contributed by atoms with Crippen molar-refractivity contribution in [3.8, 4) is 0 Å². The van der Waals surface area contributed by atoms with Crippen molar-refractivity contribution in [1.29, 1.82) is 0 Å². The highest BCUT2D eigenvalue weighted by molar-refractivity contribution is 5.13. The van der Waals surface area contributed by atoms with Gasteiger partial charge in [-0.3, -0.25) is 4.68 Å². The Balaban J connectivity index is 2.18. The first-order chi connectivity index (χ1) is 7.48. The quantitative estimate of drug-likeness (QED) is 0.790. The maximum absolute atomic E-state index is 4.47. The molecule has 1 aliphatic heterocycles. The molecule has 0 spiro atoms. The summed E-state index contributed by atoms with van der Waals surface area (Å²) in [6, 6.07) is 0.491. The van der Waals surface area contributed by atoms with Crippen LogP contribution in [0.1, 0.15) is 52.1 Å². The molecule has 0 aliphatic carbocycles. The first-order valence-corrected chi connectivity index (χ1v) is 6.27. The first-order valence-electron chi connectivity index (χ1n) is 6.27. The lowest BCUT2D eigenvalue weighted by atomic mass is 9.89. The van der Waals surface area contributed by atoms with Crippen LogP contribution < -0.4 is 5.32 Å². The second-order valence-corrected chi connectivity index (χ2v) is 5.94. The Morgan fingerprint density at radius 1 is 1.44 bits per heavy atom. The molecule has 1 fully saturated rings. The molecule has 0 bridgehead atoms. The summed E-state index contributed by atoms with van der Waals surface area (Å²) >= 11 is 0. The molecular weight excluding hydrogens is 198 g/mol. The third-order valence-corrected chi connectivity index (χ3v) is 3.42. The van der Waals surface area contributed by atoms with Crippen molar-refractivity contribution in [2.75, 3.05) is 6.54 Å². The smallest absolute Gasteiger partial charge is 0.0543 e. The molecule has 2 rings (SSSR count). The largest absolute Gasteiger partial charge is 0.310 e. The fourth-order valence-electron chi connectivity index (χ4n) is 2.36. The van der Waals surface area contributed by atoms with Crippen LogP contribution >= 0.6 is 0 Å². The van der Waals surface area contributed by atoms with E-state index in [9.17, 15) is 0 Å². The van der Waals surface area contributed by atoms with Gasteiger partial charge in [-0.2, -0.15) is 5.10 Å². The fourth-order valence-corrected chi connectivity index (χ4v) is 2.36. The molecule has 1 N–H and O–H groups in total. The predicted molar refractivity (Wildman–Crippen MR) is 66.4 cm³/mol. The second-order valence-electron chi connectivity index (χ2n) is 5.94. The number of rotatable bonds is 1. The molecular formula is C13H23N3. The fraction of sp³-hybridized carbons (Fsp3) is 0.769. The number of aromatic nitrogens is 2. The highest BCUT2D eigenvalue weighted by atomic mass is 15.3. The van der Waals surface area contributed by atoms with Crippen molar-refractivity contribution in [3.63, 3.8) is 0 Å². The van der Waals surface area contributed by atoms with Crippen LogP contribution in [-0.2, 0) is 5.54 Å². The zero-order valence-corrected chi connectivity index (χ0v) is 10.8. The van der Waals surface area contributed by atoms with Crippen LogP contribution in [0.5, 0.6) is 0 Å². The zero-order chi connectivity index (χ0) is 11.8. The van der Waals surface area contributed by atoms with Crippen molar-refractivity contribution >= 4 is 0 Å². The van der Waals surface area contributed by atoms with Crippen molar-refractivity contribution in [1.82, 2.24) is 15.1 Å². The standard InChI is InChI=1S/C13H23N3/c1-10-6-5-7-14-12(10)11-8-15-16(9-11)13(2,3)4/h8-10,12,14H,5-7H2,1-4H3. The highest BCUT2D eigenvalue weighted by Crippen LogP contribution is 2.29. The van der Waals surface area contributed by atoms with Crippen LogP contribution in [0.25, 0.3) is 0 Å². The normalized spacial score (nSPS) is 27.0. The van der Waals surface area contributed by atoms with Gasteiger partial charge >= 0.3 is 0 Å². The molecule has 2 atom stereocenters. The van der Waals surface area contributed by atoms with Gasteiger partial charge in [0, 0.05) is 17.8 Å². The summed E-state index contributed by atoms with van der Waals surface area (Å²) in [5.41, 5.74) is 1.41. The molecule has 1 aliphatic rings. The SMILES string of the molecule is CC1CCCNC1c1cnn(C(C)(C)C)c1. The van der Waals surface area contributed by atoms with Crippen LogP contribution in [0.3, 0.4) is 0 Å². The average molecular weight is 221 g/mol. The monoisotopic (exact) mass is 221 g/mol. The van der Waals surface area contributed by atoms with E-state index in [-0.39, 0.29) is 5.54 Å². The summed E-state index contributed by atoms with van der Waals surface area (Å²) in [5, 5.41) is 8.07. The van der Waals surface area contributed by atoms with Gasteiger partial charge in [0.25, 0.3) is 0 Å². The second kappa shape index (κ2) is 4.21. The summed E-state index contributed by atoms with van der Waals surface area (Å²) in [7, 11) is 0. The van der Waals surface area contributed by atoms with E-state index in [4.69, 9.17) is 0 Å². The Labute approximate surface area is 98.2 Å². The van der Waals surface area contributed by atoms with Crippen LogP contribution in [0.4, 0.5) is 0 Å². The van der Waals surface area contributed by atoms with Crippen LogP contribution in [0.15, 0.2) is 12.4 Å². The molecule has 2 heterocycles. The number of nitrogens with zero attached hydrogens (tertiary/aromatic N) is 2. The molecule has 1 aromatic rings. The zero-order valence-electron chi connectivity index (χ0n) is 10.8. The van der Waals surface area contributed by atoms with E-state index >= 15 is 0 Å². The molecule has 90 valence electrons. The number of hydrogen-bond acceptors (Lipinski definition) is 2. The Morgan fingerprint density at radius 2 is 2.19 bits per heavy atom. The minimum atomic E-state index is 0.0795. The van der Waals surface area contributed by atoms with Gasteiger partial charge in [-0.1, -0.05) is 6.92 Å². The maximum atomic E-state index is 4.47. The van der Waals surface area contributed by atoms with E-state index in [0.717, 1.165) is 6.54 Å². The molecule has 0 saturated carbocycles. The van der Waals surface area contributed by atoms with Gasteiger partial charge in [0.2, 0.25) is 0 Å². The van der Waals surface area contributed by atoms with Gasteiger partial charge in [0.15, 0.2) is 0 Å². The molecule has 3 heteroatoms. The summed E-state index contributed by atoms with van der Waals surface area (Å²) in [5.74, 6) is 0.714. The van der Waals surface area contributed by atoms with Crippen LogP contribution in [0.2, 0.25) is 0 Å². The molecule has 0 aromatic carbocycles. The summed E-state index contributed by atoms with van der Waals surface area (Å²) < 4.78 is 2.06. The molecule has 0 radical (unpaired) electrons. The van der Waals surface area contributed by atoms with Gasteiger partial charge in [-0.15, -0.1) is 0 Å². The van der Waals surface area contributed by atoms with Crippen molar-refractivity contribution in [3.05, 3.63) is 18.0 Å². The minimum Gasteiger partial charge on any atom is -0.310 e. The molecule has 0 amide bonds. The Hall–Kier alpha value is -0.830. The van der Waals surface area contributed by atoms with Gasteiger partial charge in [-0.25, -0.2) is 0 Å². The summed E-state index contributed by atoms with van der Waals surface area (Å²) in [6.07, 6.45) is 6.83. The van der Waals surface area contributed by atoms with Gasteiger partial charge in [0.05, 0.1) is 11.7 Å². The van der Waals surface area contributed by atoms with E-state index in [2.05, 4.69) is 49.0 Å². The predicted octanol–water partition coefficient (Wildman–Crippen LogP) is 2.70. The van der Waals surface area contributed by atoms with E-state index in [1.165, 1.54) is 18.4 Å². The maximum Gasteiger partial charge on any atom is 0.0543 e. The lowest BCUT2D eigenvalue weighted by molar-refractivity contribution is 0.304. The Kier molecular flexibility index (Phi) is 3.06. The van der Waals surface area contributed by atoms with Gasteiger partial charge in [-0.05, 0) is 46.1 Å². The number of piperidine rings is 1. The number of hydrogen-bond donors (Lipinski definition) is 1. The summed E-state index contributed by atoms with van der Waals surface area (Å²) in [6.45, 7) is 10.0. The average Bonchev–Trinajstić information content (AvgIpc) is 2.66. The van der Waals surface area contributed by atoms with Crippen molar-refractivity contribution < 1.29 is 0 Å². The van der Waals surface area contributed by atoms with E-state index in [1.807, 2.05) is 6.20 Å². The lowest BCUT2D eigenvalue weighted by Gasteiger charge is -2.29. The van der Waals surface area contributed by atoms with Crippen molar-refractivity contribution in [2.24, 2.45) is 5.92 Å². The molecule has 1 saturated heterocycles. The third kappa shape index (κ3) is 2.29. The molecule has 2 unspecified atom stereocenters. The minimum absolute atomic E-state index is 0.0795. The number of nitrogens with one attached hydrogen (secondary N) is 1. The van der Waals surface area contributed by atoms with E-state index < -0.39 is 0 Å². The summed E-state index contributed by atoms with van der Waals surface area (Å²) in [4.78, 5) is 0. The Morgan fingerprint density at radius 3 is 2.75 bits per heavy atom. The molecule has 3 nitrogen and oxygen atoms in total. The van der Waals surface area contributed by atoms with E-state index in [1.54, 1.807) is 0 Å². The van der Waals surface area contributed by atoms with Gasteiger partial charge in [0.1, 0.15) is 0 Å². The van der Waals surface area contributed by atoms with Gasteiger partial charge < -0.3 is 5.32 Å². The Bertz CT molecular complexity index is 348. The van der Waals surface area contributed by atoms with Crippen molar-refractivity contribution in [2.45, 2.75) is 52.1 Å². The van der Waals surface area contributed by atoms with E-state index in [0.29, 0.717) is 12.0 Å². The lowest BCUT2D eigenvalue weighted by Crippen LogP contribution is -2.32. The molecule has 1 aromatic heterocycles. The topological polar surface area (TPSA) is 29.9 Å². The van der Waals surface area contributed by atoms with Crippen LogP contribution in [0, 0.1) is 5.92 Å².